The van der Waals surface area contributed by atoms with Crippen LogP contribution < -0.4 is 0 Å². The largest absolute Gasteiger partial charge is 0.396 e. The molecule has 0 aromatic carbocycles. The second-order valence-electron chi connectivity index (χ2n) is 2.51. The van der Waals surface area contributed by atoms with Crippen LogP contribution in [0.15, 0.2) is 12.2 Å². The number of unbranched alkanes of at least 4 members (excludes halogenated alkanes) is 1. The fraction of sp³-hybridized carbons (Fsp3) is 0.750. The summed E-state index contributed by atoms with van der Waals surface area (Å²) in [5.41, 5.74) is 0. The molecule has 80 valence electrons. The molecular weight excluding hydrogens is 192 g/mol. The molecule has 0 aromatic heterocycles. The molecule has 0 saturated heterocycles. The van der Waals surface area contributed by atoms with Crippen LogP contribution in [0.3, 0.4) is 0 Å². The van der Waals surface area contributed by atoms with Crippen molar-refractivity contribution < 1.29 is 18.1 Å². The normalized spacial score (nSPS) is 11.1. The second-order valence-corrected chi connectivity index (χ2v) is 3.97. The van der Waals surface area contributed by atoms with Gasteiger partial charge in [0.05, 0.1) is 6.26 Å². The number of rotatable bonds is 4. The van der Waals surface area contributed by atoms with E-state index in [1.807, 2.05) is 6.08 Å². The molecule has 0 atom stereocenters. The Morgan fingerprint density at radius 2 is 1.62 bits per heavy atom. The SMILES string of the molecule is CCCC=CCCO.CS(=O)(=O)O. The Kier molecular flexibility index (Phi) is 11.3. The van der Waals surface area contributed by atoms with E-state index in [0.717, 1.165) is 12.8 Å². The van der Waals surface area contributed by atoms with Gasteiger partial charge in [0.15, 0.2) is 0 Å². The van der Waals surface area contributed by atoms with E-state index in [9.17, 15) is 8.42 Å². The van der Waals surface area contributed by atoms with Crippen molar-refractivity contribution in [3.63, 3.8) is 0 Å². The zero-order valence-corrected chi connectivity index (χ0v) is 8.92. The van der Waals surface area contributed by atoms with E-state index < -0.39 is 10.1 Å². The minimum atomic E-state index is -3.67. The van der Waals surface area contributed by atoms with Gasteiger partial charge in [0.25, 0.3) is 10.1 Å². The summed E-state index contributed by atoms with van der Waals surface area (Å²) >= 11 is 0. The highest BCUT2D eigenvalue weighted by molar-refractivity contribution is 7.85. The Hall–Kier alpha value is -0.390. The number of hydrogen-bond donors (Lipinski definition) is 2. The van der Waals surface area contributed by atoms with Crippen molar-refractivity contribution in [3.05, 3.63) is 12.2 Å². The molecule has 0 aliphatic carbocycles. The lowest BCUT2D eigenvalue weighted by molar-refractivity contribution is 0.302. The number of aliphatic hydroxyl groups is 1. The molecular formula is C8H18O4S. The quantitative estimate of drug-likeness (QED) is 0.540. The number of aliphatic hydroxyl groups excluding tert-OH is 1. The fourth-order valence-corrected chi connectivity index (χ4v) is 0.477. The molecule has 0 aromatic rings. The van der Waals surface area contributed by atoms with Gasteiger partial charge in [0.2, 0.25) is 0 Å². The van der Waals surface area contributed by atoms with Gasteiger partial charge in [-0.05, 0) is 12.8 Å². The van der Waals surface area contributed by atoms with Crippen LogP contribution in [0.25, 0.3) is 0 Å². The molecule has 5 heteroatoms. The van der Waals surface area contributed by atoms with Crippen LogP contribution in [0.2, 0.25) is 0 Å². The monoisotopic (exact) mass is 210 g/mol. The van der Waals surface area contributed by atoms with E-state index in [1.165, 1.54) is 6.42 Å². The Labute approximate surface area is 80.0 Å². The average molecular weight is 210 g/mol. The average Bonchev–Trinajstić information content (AvgIpc) is 1.95. The van der Waals surface area contributed by atoms with Crippen LogP contribution in [0.5, 0.6) is 0 Å². The third-order valence-electron chi connectivity index (χ3n) is 0.918. The maximum Gasteiger partial charge on any atom is 0.261 e. The minimum absolute atomic E-state index is 0.278. The predicted molar refractivity (Wildman–Crippen MR) is 53.2 cm³/mol. The summed E-state index contributed by atoms with van der Waals surface area (Å²) in [6, 6.07) is 0. The Morgan fingerprint density at radius 1 is 1.23 bits per heavy atom. The highest BCUT2D eigenvalue weighted by Crippen LogP contribution is 1.89. The fourth-order valence-electron chi connectivity index (χ4n) is 0.477. The topological polar surface area (TPSA) is 74.6 Å². The van der Waals surface area contributed by atoms with Crippen LogP contribution in [0.1, 0.15) is 26.2 Å². The summed E-state index contributed by atoms with van der Waals surface area (Å²) in [6.07, 6.45) is 7.98. The van der Waals surface area contributed by atoms with Crippen LogP contribution in [-0.2, 0) is 10.1 Å². The van der Waals surface area contributed by atoms with Crippen molar-refractivity contribution in [2.24, 2.45) is 0 Å². The van der Waals surface area contributed by atoms with Gasteiger partial charge in [-0.15, -0.1) is 0 Å². The van der Waals surface area contributed by atoms with Crippen molar-refractivity contribution in [3.8, 4) is 0 Å². The lowest BCUT2D eigenvalue weighted by Crippen LogP contribution is -1.88. The summed E-state index contributed by atoms with van der Waals surface area (Å²) in [6.45, 7) is 2.42. The highest BCUT2D eigenvalue weighted by atomic mass is 32.2. The molecule has 0 fully saturated rings. The van der Waals surface area contributed by atoms with Gasteiger partial charge < -0.3 is 5.11 Å². The van der Waals surface area contributed by atoms with Crippen LogP contribution >= 0.6 is 0 Å². The molecule has 0 saturated carbocycles. The summed E-state index contributed by atoms with van der Waals surface area (Å²) in [7, 11) is -3.67. The zero-order valence-electron chi connectivity index (χ0n) is 8.10. The lowest BCUT2D eigenvalue weighted by atomic mass is 10.3. The summed E-state index contributed by atoms with van der Waals surface area (Å²) < 4.78 is 25.9. The van der Waals surface area contributed by atoms with E-state index in [-0.39, 0.29) is 6.61 Å². The molecule has 0 bridgehead atoms. The lowest BCUT2D eigenvalue weighted by Gasteiger charge is -1.83. The molecule has 0 amide bonds. The molecule has 13 heavy (non-hydrogen) atoms. The van der Waals surface area contributed by atoms with E-state index in [2.05, 4.69) is 13.0 Å². The van der Waals surface area contributed by atoms with Gasteiger partial charge in [-0.1, -0.05) is 25.5 Å². The van der Waals surface area contributed by atoms with E-state index >= 15 is 0 Å². The van der Waals surface area contributed by atoms with E-state index in [4.69, 9.17) is 9.66 Å². The third-order valence-corrected chi connectivity index (χ3v) is 0.918. The smallest absolute Gasteiger partial charge is 0.261 e. The number of allylic oxidation sites excluding steroid dienone is 1. The maximum absolute atomic E-state index is 9.19. The molecule has 0 aliphatic heterocycles. The second kappa shape index (κ2) is 9.70. The molecule has 0 heterocycles. The Morgan fingerprint density at radius 3 is 1.92 bits per heavy atom. The van der Waals surface area contributed by atoms with Gasteiger partial charge in [-0.3, -0.25) is 4.55 Å². The van der Waals surface area contributed by atoms with Crippen molar-refractivity contribution in [2.45, 2.75) is 26.2 Å². The first-order valence-corrected chi connectivity index (χ1v) is 5.95. The van der Waals surface area contributed by atoms with Gasteiger partial charge in [-0.2, -0.15) is 8.42 Å². The number of hydrogen-bond acceptors (Lipinski definition) is 3. The van der Waals surface area contributed by atoms with Crippen molar-refractivity contribution in [1.29, 1.82) is 0 Å². The Bertz CT molecular complexity index is 190. The first kappa shape index (κ1) is 15.1. The van der Waals surface area contributed by atoms with Crippen LogP contribution in [0.4, 0.5) is 0 Å². The first-order chi connectivity index (χ1) is 5.91. The zero-order chi connectivity index (χ0) is 10.7. The third kappa shape index (κ3) is 50.5. The summed E-state index contributed by atoms with van der Waals surface area (Å²) in [5, 5.41) is 8.31. The van der Waals surface area contributed by atoms with Crippen molar-refractivity contribution in [1.82, 2.24) is 0 Å². The van der Waals surface area contributed by atoms with Crippen LogP contribution in [-0.4, -0.2) is 30.9 Å². The standard InChI is InChI=1S/C7H14O.CH4O3S/c1-2-3-4-5-6-7-8;1-5(2,3)4/h4-5,8H,2-3,6-7H2,1H3;1H3,(H,2,3,4). The van der Waals surface area contributed by atoms with Gasteiger partial charge >= 0.3 is 0 Å². The predicted octanol–water partition coefficient (Wildman–Crippen LogP) is 1.23. The molecule has 2 N–H and O–H groups in total. The molecule has 0 spiro atoms. The van der Waals surface area contributed by atoms with Crippen LogP contribution in [0, 0.1) is 0 Å². The van der Waals surface area contributed by atoms with E-state index in [1.54, 1.807) is 0 Å². The van der Waals surface area contributed by atoms with Gasteiger partial charge in [-0.25, -0.2) is 0 Å². The molecule has 0 unspecified atom stereocenters. The summed E-state index contributed by atoms with van der Waals surface area (Å²) in [4.78, 5) is 0. The molecule has 0 aliphatic rings. The summed E-state index contributed by atoms with van der Waals surface area (Å²) in [5.74, 6) is 0. The first-order valence-electron chi connectivity index (χ1n) is 4.10. The van der Waals surface area contributed by atoms with Crippen molar-refractivity contribution in [2.75, 3.05) is 12.9 Å². The minimum Gasteiger partial charge on any atom is -0.396 e. The maximum atomic E-state index is 9.19. The molecule has 4 nitrogen and oxygen atoms in total. The molecule has 0 rings (SSSR count). The van der Waals surface area contributed by atoms with Gasteiger partial charge in [0, 0.05) is 6.61 Å². The van der Waals surface area contributed by atoms with Crippen molar-refractivity contribution >= 4 is 10.1 Å². The Balaban J connectivity index is 0. The van der Waals surface area contributed by atoms with E-state index in [0.29, 0.717) is 6.26 Å². The highest BCUT2D eigenvalue weighted by Gasteiger charge is 1.81. The van der Waals surface area contributed by atoms with Gasteiger partial charge in [0.1, 0.15) is 0 Å². The molecule has 0 radical (unpaired) electrons.